The van der Waals surface area contributed by atoms with Gasteiger partial charge in [-0.3, -0.25) is 0 Å². The van der Waals surface area contributed by atoms with E-state index in [4.69, 9.17) is 0 Å². The first-order valence-electron chi connectivity index (χ1n) is 4.73. The number of hydrogen-bond acceptors (Lipinski definition) is 0. The topological polar surface area (TPSA) is 0 Å². The molecular formula is C12H20. The fourth-order valence-corrected chi connectivity index (χ4v) is 0.854. The van der Waals surface area contributed by atoms with E-state index in [2.05, 4.69) is 38.3 Å². The van der Waals surface area contributed by atoms with Crippen LogP contribution in [-0.2, 0) is 0 Å². The first-order valence-corrected chi connectivity index (χ1v) is 4.73. The molecule has 12 heavy (non-hydrogen) atoms. The predicted molar refractivity (Wildman–Crippen MR) is 55.1 cm³/mol. The van der Waals surface area contributed by atoms with Crippen LogP contribution in [0.4, 0.5) is 0 Å². The summed E-state index contributed by atoms with van der Waals surface area (Å²) in [4.78, 5) is 0. The van der Waals surface area contributed by atoms with E-state index in [9.17, 15) is 0 Å². The van der Waals surface area contributed by atoms with Gasteiger partial charge in [-0.1, -0.05) is 38.7 Å². The molecule has 0 N–H and O–H groups in total. The Kier molecular flexibility index (Phi) is 5.54. The van der Waals surface area contributed by atoms with E-state index in [0.29, 0.717) is 5.92 Å². The third-order valence-corrected chi connectivity index (χ3v) is 2.21. The van der Waals surface area contributed by atoms with Gasteiger partial charge in [0.1, 0.15) is 0 Å². The molecule has 0 fully saturated rings. The molecular weight excluding hydrogens is 144 g/mol. The monoisotopic (exact) mass is 164 g/mol. The Balaban J connectivity index is 4.27. The van der Waals surface area contributed by atoms with Gasteiger partial charge >= 0.3 is 0 Å². The molecule has 0 nitrogen and oxygen atoms in total. The van der Waals surface area contributed by atoms with Crippen molar-refractivity contribution in [2.45, 2.75) is 41.0 Å². The summed E-state index contributed by atoms with van der Waals surface area (Å²) in [5.74, 6) is 1.36. The van der Waals surface area contributed by atoms with Gasteiger partial charge in [-0.2, -0.15) is 0 Å². The van der Waals surface area contributed by atoms with Crippen LogP contribution < -0.4 is 0 Å². The molecule has 0 heteroatoms. The molecule has 0 aliphatic rings. The lowest BCUT2D eigenvalue weighted by Crippen LogP contribution is -2.02. The fourth-order valence-electron chi connectivity index (χ4n) is 0.854. The molecule has 2 unspecified atom stereocenters. The van der Waals surface area contributed by atoms with Crippen LogP contribution in [0, 0.1) is 11.8 Å². The maximum atomic E-state index is 3.09. The van der Waals surface area contributed by atoms with Crippen LogP contribution in [-0.4, -0.2) is 0 Å². The molecule has 0 heterocycles. The molecule has 0 aliphatic heterocycles. The Morgan fingerprint density at radius 1 is 1.33 bits per heavy atom. The summed E-state index contributed by atoms with van der Waals surface area (Å²) in [6.07, 6.45) is 3.34. The van der Waals surface area contributed by atoms with E-state index in [0.717, 1.165) is 5.92 Å². The van der Waals surface area contributed by atoms with E-state index in [1.165, 1.54) is 12.0 Å². The van der Waals surface area contributed by atoms with Crippen molar-refractivity contribution >= 4 is 0 Å². The molecule has 0 spiro atoms. The van der Waals surface area contributed by atoms with Gasteiger partial charge in [-0.25, -0.2) is 0 Å². The highest BCUT2D eigenvalue weighted by Gasteiger charge is 2.04. The molecule has 0 aliphatic carbocycles. The lowest BCUT2D eigenvalue weighted by Gasteiger charge is -2.11. The minimum Gasteiger partial charge on any atom is -0.0744 e. The highest BCUT2D eigenvalue weighted by Crippen LogP contribution is 2.14. The van der Waals surface area contributed by atoms with Crippen LogP contribution in [0.1, 0.15) is 41.0 Å². The van der Waals surface area contributed by atoms with Crippen LogP contribution in [0.2, 0.25) is 0 Å². The molecule has 0 saturated heterocycles. The van der Waals surface area contributed by atoms with Crippen LogP contribution in [0.3, 0.4) is 0 Å². The van der Waals surface area contributed by atoms with Crippen molar-refractivity contribution in [3.8, 4) is 0 Å². The van der Waals surface area contributed by atoms with Crippen molar-refractivity contribution in [3.63, 3.8) is 0 Å². The zero-order valence-corrected chi connectivity index (χ0v) is 8.94. The quantitative estimate of drug-likeness (QED) is 0.554. The smallest absolute Gasteiger partial charge is 0.0154 e. The minimum atomic E-state index is 0.613. The highest BCUT2D eigenvalue weighted by atomic mass is 14.1. The van der Waals surface area contributed by atoms with Gasteiger partial charge in [0, 0.05) is 0 Å². The second-order valence-corrected chi connectivity index (χ2v) is 3.68. The van der Waals surface area contributed by atoms with Crippen LogP contribution in [0.15, 0.2) is 23.1 Å². The van der Waals surface area contributed by atoms with Crippen molar-refractivity contribution in [2.24, 2.45) is 11.8 Å². The molecule has 0 amide bonds. The second-order valence-electron chi connectivity index (χ2n) is 3.68. The zero-order chi connectivity index (χ0) is 9.56. The molecule has 0 aromatic rings. The van der Waals surface area contributed by atoms with Crippen LogP contribution >= 0.6 is 0 Å². The minimum absolute atomic E-state index is 0.613. The lowest BCUT2D eigenvalue weighted by atomic mass is 9.94. The zero-order valence-electron chi connectivity index (χ0n) is 8.94. The van der Waals surface area contributed by atoms with Crippen molar-refractivity contribution in [1.29, 1.82) is 0 Å². The van der Waals surface area contributed by atoms with Gasteiger partial charge in [-0.15, -0.1) is 0 Å². The first kappa shape index (κ1) is 11.3. The number of allylic oxidation sites excluding steroid dienone is 2. The summed E-state index contributed by atoms with van der Waals surface area (Å²) in [6, 6.07) is 0. The Labute approximate surface area is 76.7 Å². The Hall–Kier alpha value is -0.700. The molecule has 0 bridgehead atoms. The molecule has 0 aromatic carbocycles. The van der Waals surface area contributed by atoms with Gasteiger partial charge < -0.3 is 0 Å². The standard InChI is InChI=1S/C12H20/c1-6-11(4)12(5)9-7-8-10(2)3/h9,11-12H,6H2,1-5H3. The van der Waals surface area contributed by atoms with Gasteiger partial charge in [-0.05, 0) is 37.3 Å². The van der Waals surface area contributed by atoms with Gasteiger partial charge in [0.15, 0.2) is 0 Å². The lowest BCUT2D eigenvalue weighted by molar-refractivity contribution is 0.447. The van der Waals surface area contributed by atoms with Crippen molar-refractivity contribution in [3.05, 3.63) is 23.1 Å². The van der Waals surface area contributed by atoms with Crippen molar-refractivity contribution in [2.75, 3.05) is 0 Å². The normalized spacial score (nSPS) is 14.1. The molecule has 0 radical (unpaired) electrons. The third kappa shape index (κ3) is 5.02. The Morgan fingerprint density at radius 3 is 2.33 bits per heavy atom. The first-order chi connectivity index (χ1) is 5.57. The summed E-state index contributed by atoms with van der Waals surface area (Å²) >= 11 is 0. The van der Waals surface area contributed by atoms with Crippen molar-refractivity contribution < 1.29 is 0 Å². The van der Waals surface area contributed by atoms with Gasteiger partial charge in [0.2, 0.25) is 0 Å². The molecule has 0 aromatic heterocycles. The third-order valence-electron chi connectivity index (χ3n) is 2.21. The molecule has 2 atom stereocenters. The summed E-state index contributed by atoms with van der Waals surface area (Å²) < 4.78 is 0. The highest BCUT2D eigenvalue weighted by molar-refractivity contribution is 4.96. The fraction of sp³-hybridized carbons (Fsp3) is 0.667. The van der Waals surface area contributed by atoms with E-state index >= 15 is 0 Å². The van der Waals surface area contributed by atoms with E-state index in [1.807, 2.05) is 13.8 Å². The number of hydrogen-bond donors (Lipinski definition) is 0. The summed E-state index contributed by atoms with van der Waals surface area (Å²) in [7, 11) is 0. The number of rotatable bonds is 3. The molecule has 68 valence electrons. The predicted octanol–water partition coefficient (Wildman–Crippen LogP) is 3.95. The van der Waals surface area contributed by atoms with Crippen LogP contribution in [0.25, 0.3) is 0 Å². The Morgan fingerprint density at radius 2 is 1.92 bits per heavy atom. The largest absolute Gasteiger partial charge is 0.0744 e. The van der Waals surface area contributed by atoms with Gasteiger partial charge in [0.25, 0.3) is 0 Å². The SMILES string of the molecule is CCC(C)C(C)C=C=C=C(C)C. The summed E-state index contributed by atoms with van der Waals surface area (Å²) in [6.45, 7) is 10.8. The second kappa shape index (κ2) is 5.89. The van der Waals surface area contributed by atoms with Crippen molar-refractivity contribution in [1.82, 2.24) is 0 Å². The molecule has 0 rings (SSSR count). The van der Waals surface area contributed by atoms with Crippen LogP contribution in [0.5, 0.6) is 0 Å². The maximum absolute atomic E-state index is 3.09. The van der Waals surface area contributed by atoms with E-state index < -0.39 is 0 Å². The van der Waals surface area contributed by atoms with Gasteiger partial charge in [0.05, 0.1) is 0 Å². The van der Waals surface area contributed by atoms with E-state index in [1.54, 1.807) is 0 Å². The summed E-state index contributed by atoms with van der Waals surface area (Å²) in [5.41, 5.74) is 7.34. The maximum Gasteiger partial charge on any atom is -0.0154 e. The average Bonchev–Trinajstić information content (AvgIpc) is 2.02. The summed E-state index contributed by atoms with van der Waals surface area (Å²) in [5, 5.41) is 0. The van der Waals surface area contributed by atoms with E-state index in [-0.39, 0.29) is 0 Å². The Bertz CT molecular complexity index is 206. The molecule has 0 saturated carbocycles. The average molecular weight is 164 g/mol.